The van der Waals surface area contributed by atoms with Crippen molar-refractivity contribution in [1.82, 2.24) is 10.3 Å². The topological polar surface area (TPSA) is 71.5 Å². The van der Waals surface area contributed by atoms with E-state index in [2.05, 4.69) is 22.1 Å². The SMILES string of the molecule is O=C(NCC1CCCO1)c1ccncc1C#CCCO. The van der Waals surface area contributed by atoms with E-state index in [1.807, 2.05) is 0 Å². The molecule has 1 aliphatic heterocycles. The average Bonchev–Trinajstić information content (AvgIpc) is 2.99. The Balaban J connectivity index is 1.99. The number of aliphatic hydroxyl groups is 1. The van der Waals surface area contributed by atoms with E-state index < -0.39 is 0 Å². The zero-order valence-corrected chi connectivity index (χ0v) is 11.3. The van der Waals surface area contributed by atoms with Gasteiger partial charge in [0.2, 0.25) is 0 Å². The molecule has 5 nitrogen and oxygen atoms in total. The summed E-state index contributed by atoms with van der Waals surface area (Å²) in [5, 5.41) is 11.6. The highest BCUT2D eigenvalue weighted by molar-refractivity contribution is 5.96. The van der Waals surface area contributed by atoms with E-state index in [0.717, 1.165) is 19.4 Å². The predicted molar refractivity (Wildman–Crippen MR) is 74.1 cm³/mol. The minimum absolute atomic E-state index is 0.00775. The van der Waals surface area contributed by atoms with Crippen molar-refractivity contribution in [2.24, 2.45) is 0 Å². The number of carbonyl (C=O) groups is 1. The van der Waals surface area contributed by atoms with Gasteiger partial charge >= 0.3 is 0 Å². The minimum Gasteiger partial charge on any atom is -0.395 e. The summed E-state index contributed by atoms with van der Waals surface area (Å²) >= 11 is 0. The molecule has 1 amide bonds. The molecule has 0 aromatic carbocycles. The summed E-state index contributed by atoms with van der Waals surface area (Å²) < 4.78 is 5.47. The molecule has 1 fully saturated rings. The maximum atomic E-state index is 12.1. The van der Waals surface area contributed by atoms with Gasteiger partial charge in [0, 0.05) is 32.0 Å². The van der Waals surface area contributed by atoms with Gasteiger partial charge in [-0.05, 0) is 18.9 Å². The maximum absolute atomic E-state index is 12.1. The Labute approximate surface area is 118 Å². The van der Waals surface area contributed by atoms with Gasteiger partial charge < -0.3 is 15.2 Å². The molecular weight excluding hydrogens is 256 g/mol. The highest BCUT2D eigenvalue weighted by atomic mass is 16.5. The van der Waals surface area contributed by atoms with E-state index in [1.165, 1.54) is 0 Å². The van der Waals surface area contributed by atoms with E-state index in [-0.39, 0.29) is 18.6 Å². The Morgan fingerprint density at radius 3 is 3.25 bits per heavy atom. The van der Waals surface area contributed by atoms with Crippen LogP contribution in [-0.2, 0) is 4.74 Å². The largest absolute Gasteiger partial charge is 0.395 e. The molecule has 0 radical (unpaired) electrons. The van der Waals surface area contributed by atoms with E-state index in [4.69, 9.17) is 9.84 Å². The zero-order chi connectivity index (χ0) is 14.2. The van der Waals surface area contributed by atoms with Crippen molar-refractivity contribution in [3.8, 4) is 11.8 Å². The van der Waals surface area contributed by atoms with Crippen LogP contribution in [0, 0.1) is 11.8 Å². The number of amides is 1. The second-order valence-corrected chi connectivity index (χ2v) is 4.54. The molecule has 20 heavy (non-hydrogen) atoms. The number of hydrogen-bond acceptors (Lipinski definition) is 4. The third-order valence-electron chi connectivity index (χ3n) is 3.04. The summed E-state index contributed by atoms with van der Waals surface area (Å²) in [6.07, 6.45) is 5.66. The highest BCUT2D eigenvalue weighted by Crippen LogP contribution is 2.11. The predicted octanol–water partition coefficient (Wildman–Crippen LogP) is 0.724. The molecule has 1 unspecified atom stereocenters. The number of aliphatic hydroxyl groups excluding tert-OH is 1. The molecule has 1 aliphatic rings. The molecule has 0 spiro atoms. The zero-order valence-electron chi connectivity index (χ0n) is 11.3. The van der Waals surface area contributed by atoms with Gasteiger partial charge in [-0.2, -0.15) is 0 Å². The number of rotatable bonds is 4. The number of pyridine rings is 1. The number of hydrogen-bond donors (Lipinski definition) is 2. The van der Waals surface area contributed by atoms with Crippen LogP contribution in [0.5, 0.6) is 0 Å². The number of carbonyl (C=O) groups excluding carboxylic acids is 1. The van der Waals surface area contributed by atoms with E-state index in [0.29, 0.717) is 24.1 Å². The summed E-state index contributed by atoms with van der Waals surface area (Å²) in [4.78, 5) is 16.1. The molecule has 0 bridgehead atoms. The molecule has 1 atom stereocenters. The van der Waals surface area contributed by atoms with Crippen molar-refractivity contribution >= 4 is 5.91 Å². The van der Waals surface area contributed by atoms with Crippen molar-refractivity contribution in [2.45, 2.75) is 25.4 Å². The van der Waals surface area contributed by atoms with Gasteiger partial charge in [-0.25, -0.2) is 0 Å². The summed E-state index contributed by atoms with van der Waals surface area (Å²) in [7, 11) is 0. The summed E-state index contributed by atoms with van der Waals surface area (Å²) in [6, 6.07) is 1.65. The fourth-order valence-corrected chi connectivity index (χ4v) is 2.01. The minimum atomic E-state index is -0.170. The molecule has 1 aromatic rings. The van der Waals surface area contributed by atoms with Gasteiger partial charge in [-0.1, -0.05) is 11.8 Å². The Kier molecular flexibility index (Phi) is 5.54. The van der Waals surface area contributed by atoms with Gasteiger partial charge in [0.15, 0.2) is 0 Å². The van der Waals surface area contributed by atoms with Crippen LogP contribution in [-0.4, -0.2) is 41.9 Å². The molecule has 0 saturated carbocycles. The average molecular weight is 274 g/mol. The summed E-state index contributed by atoms with van der Waals surface area (Å²) in [5.74, 6) is 5.49. The first kappa shape index (κ1) is 14.5. The lowest BCUT2D eigenvalue weighted by molar-refractivity contribution is 0.0857. The molecule has 1 aromatic heterocycles. The van der Waals surface area contributed by atoms with Gasteiger partial charge in [0.25, 0.3) is 5.91 Å². The molecule has 0 aliphatic carbocycles. The molecule has 5 heteroatoms. The van der Waals surface area contributed by atoms with E-state index >= 15 is 0 Å². The first-order valence-corrected chi connectivity index (χ1v) is 6.75. The van der Waals surface area contributed by atoms with Crippen LogP contribution in [0.3, 0.4) is 0 Å². The molecular formula is C15H18N2O3. The summed E-state index contributed by atoms with van der Waals surface area (Å²) in [5.41, 5.74) is 1.08. The molecule has 106 valence electrons. The van der Waals surface area contributed by atoms with Crippen LogP contribution >= 0.6 is 0 Å². The number of ether oxygens (including phenoxy) is 1. The van der Waals surface area contributed by atoms with Gasteiger partial charge in [-0.3, -0.25) is 9.78 Å². The third kappa shape index (κ3) is 4.05. The monoisotopic (exact) mass is 274 g/mol. The van der Waals surface area contributed by atoms with E-state index in [1.54, 1.807) is 18.5 Å². The third-order valence-corrected chi connectivity index (χ3v) is 3.04. The van der Waals surface area contributed by atoms with Gasteiger partial charge in [0.1, 0.15) is 0 Å². The molecule has 2 heterocycles. The number of aromatic nitrogens is 1. The molecule has 2 rings (SSSR count). The van der Waals surface area contributed by atoms with Crippen molar-refractivity contribution in [3.63, 3.8) is 0 Å². The Morgan fingerprint density at radius 2 is 2.50 bits per heavy atom. The van der Waals surface area contributed by atoms with Crippen molar-refractivity contribution in [2.75, 3.05) is 19.8 Å². The lowest BCUT2D eigenvalue weighted by Crippen LogP contribution is -2.32. The fourth-order valence-electron chi connectivity index (χ4n) is 2.01. The van der Waals surface area contributed by atoms with E-state index in [9.17, 15) is 4.79 Å². The van der Waals surface area contributed by atoms with Crippen LogP contribution in [0.4, 0.5) is 0 Å². The first-order chi connectivity index (χ1) is 9.81. The van der Waals surface area contributed by atoms with Crippen LogP contribution in [0.15, 0.2) is 18.5 Å². The Morgan fingerprint density at radius 1 is 1.60 bits per heavy atom. The van der Waals surface area contributed by atoms with Gasteiger partial charge in [0.05, 0.1) is 23.8 Å². The smallest absolute Gasteiger partial charge is 0.252 e. The second kappa shape index (κ2) is 7.63. The van der Waals surface area contributed by atoms with Crippen LogP contribution in [0.25, 0.3) is 0 Å². The van der Waals surface area contributed by atoms with Crippen LogP contribution < -0.4 is 5.32 Å². The second-order valence-electron chi connectivity index (χ2n) is 4.54. The lowest BCUT2D eigenvalue weighted by Gasteiger charge is -2.11. The quantitative estimate of drug-likeness (QED) is 0.794. The number of nitrogens with zero attached hydrogens (tertiary/aromatic N) is 1. The van der Waals surface area contributed by atoms with Gasteiger partial charge in [-0.15, -0.1) is 0 Å². The Hall–Kier alpha value is -1.90. The first-order valence-electron chi connectivity index (χ1n) is 6.75. The highest BCUT2D eigenvalue weighted by Gasteiger charge is 2.17. The number of nitrogens with one attached hydrogen (secondary N) is 1. The van der Waals surface area contributed by atoms with Crippen molar-refractivity contribution in [3.05, 3.63) is 29.6 Å². The summed E-state index contributed by atoms with van der Waals surface area (Å²) in [6.45, 7) is 1.30. The van der Waals surface area contributed by atoms with Crippen LogP contribution in [0.1, 0.15) is 35.2 Å². The normalized spacial score (nSPS) is 17.4. The van der Waals surface area contributed by atoms with Crippen LogP contribution in [0.2, 0.25) is 0 Å². The fraction of sp³-hybridized carbons (Fsp3) is 0.467. The van der Waals surface area contributed by atoms with Crippen molar-refractivity contribution < 1.29 is 14.6 Å². The standard InChI is InChI=1S/C15H18N2O3/c18-8-2-1-4-12-10-16-7-6-14(12)15(19)17-11-13-5-3-9-20-13/h6-7,10,13,18H,2-3,5,8-9,11H2,(H,17,19). The molecule has 2 N–H and O–H groups in total. The Bertz CT molecular complexity index is 513. The van der Waals surface area contributed by atoms with Crippen molar-refractivity contribution in [1.29, 1.82) is 0 Å². The molecule has 1 saturated heterocycles. The lowest BCUT2D eigenvalue weighted by atomic mass is 10.1. The maximum Gasteiger partial charge on any atom is 0.252 e.